The molecule has 2 N–H and O–H groups in total. The van der Waals surface area contributed by atoms with Gasteiger partial charge < -0.3 is 34.3 Å². The largest absolute Gasteiger partial charge is 0.493 e. The number of nitrogens with zero attached hydrogens (tertiary/aromatic N) is 2. The lowest BCUT2D eigenvalue weighted by atomic mass is 9.93. The monoisotopic (exact) mass is 538 g/mol. The third-order valence-corrected chi connectivity index (χ3v) is 7.08. The molecule has 11 heteroatoms. The van der Waals surface area contributed by atoms with Gasteiger partial charge in [0, 0.05) is 50.5 Å². The van der Waals surface area contributed by atoms with Crippen LogP contribution in [0.1, 0.15) is 24.1 Å². The van der Waals surface area contributed by atoms with Gasteiger partial charge >= 0.3 is 12.0 Å². The van der Waals surface area contributed by atoms with Crippen molar-refractivity contribution in [1.82, 2.24) is 20.4 Å². The Morgan fingerprint density at radius 3 is 2.46 bits per heavy atom. The molecule has 3 heterocycles. The number of piperazine rings is 1. The van der Waals surface area contributed by atoms with Crippen LogP contribution in [0.5, 0.6) is 23.0 Å². The summed E-state index contributed by atoms with van der Waals surface area (Å²) in [6.45, 7) is 6.69. The third-order valence-electron chi connectivity index (χ3n) is 7.08. The van der Waals surface area contributed by atoms with Crippen LogP contribution >= 0.6 is 0 Å². The van der Waals surface area contributed by atoms with Gasteiger partial charge in [0.25, 0.3) is 0 Å². The van der Waals surface area contributed by atoms with Crippen LogP contribution in [-0.4, -0.2) is 82.1 Å². The van der Waals surface area contributed by atoms with E-state index in [4.69, 9.17) is 23.7 Å². The van der Waals surface area contributed by atoms with Crippen molar-refractivity contribution in [2.75, 3.05) is 60.3 Å². The topological polar surface area (TPSA) is 111 Å². The highest BCUT2D eigenvalue weighted by Gasteiger charge is 2.36. The lowest BCUT2D eigenvalue weighted by Gasteiger charge is -2.37. The van der Waals surface area contributed by atoms with Gasteiger partial charge in [-0.1, -0.05) is 18.2 Å². The molecule has 0 aromatic heterocycles. The zero-order valence-corrected chi connectivity index (χ0v) is 22.5. The summed E-state index contributed by atoms with van der Waals surface area (Å²) in [6.07, 6.45) is 0. The van der Waals surface area contributed by atoms with E-state index < -0.39 is 18.0 Å². The first kappa shape index (κ1) is 26.6. The molecule has 2 aromatic rings. The number of carbonyl (C=O) groups is 2. The molecule has 208 valence electrons. The Hall–Kier alpha value is -3.96. The maximum absolute atomic E-state index is 13.2. The molecule has 2 aromatic carbocycles. The van der Waals surface area contributed by atoms with Gasteiger partial charge in [0.2, 0.25) is 6.79 Å². The molecular formula is C28H34N4O7. The quantitative estimate of drug-likeness (QED) is 0.465. The highest BCUT2D eigenvalue weighted by Crippen LogP contribution is 2.39. The summed E-state index contributed by atoms with van der Waals surface area (Å²) in [4.78, 5) is 30.6. The van der Waals surface area contributed by atoms with Crippen LogP contribution in [0.4, 0.5) is 4.79 Å². The van der Waals surface area contributed by atoms with E-state index in [1.165, 1.54) is 12.7 Å². The second kappa shape index (κ2) is 11.8. The van der Waals surface area contributed by atoms with E-state index in [9.17, 15) is 9.59 Å². The van der Waals surface area contributed by atoms with Crippen LogP contribution < -0.4 is 29.6 Å². The molecule has 2 amide bonds. The van der Waals surface area contributed by atoms with Crippen LogP contribution in [0.25, 0.3) is 0 Å². The van der Waals surface area contributed by atoms with Crippen molar-refractivity contribution in [3.8, 4) is 23.0 Å². The molecule has 0 spiro atoms. The zero-order chi connectivity index (χ0) is 27.4. The minimum Gasteiger partial charge on any atom is -0.493 e. The molecule has 0 saturated carbocycles. The molecule has 3 aliphatic rings. The van der Waals surface area contributed by atoms with Gasteiger partial charge in [0.05, 0.1) is 32.4 Å². The van der Waals surface area contributed by atoms with Gasteiger partial charge in [-0.3, -0.25) is 9.80 Å². The number of methoxy groups -OCH3 is 2. The molecule has 3 aliphatic heterocycles. The molecule has 1 saturated heterocycles. The first-order valence-electron chi connectivity index (χ1n) is 13.0. The van der Waals surface area contributed by atoms with Gasteiger partial charge in [-0.2, -0.15) is 0 Å². The molecule has 39 heavy (non-hydrogen) atoms. The minimum atomic E-state index is -0.759. The van der Waals surface area contributed by atoms with Crippen LogP contribution in [0, 0.1) is 0 Å². The summed E-state index contributed by atoms with van der Waals surface area (Å²) in [5, 5.41) is 5.75. The smallest absolute Gasteiger partial charge is 0.338 e. The first-order chi connectivity index (χ1) is 19.0. The van der Waals surface area contributed by atoms with E-state index in [0.29, 0.717) is 34.9 Å². The van der Waals surface area contributed by atoms with Gasteiger partial charge in [-0.15, -0.1) is 0 Å². The van der Waals surface area contributed by atoms with E-state index in [-0.39, 0.29) is 13.4 Å². The first-order valence-corrected chi connectivity index (χ1v) is 13.0. The number of carbonyl (C=O) groups excluding carboxylic acids is 2. The fourth-order valence-corrected chi connectivity index (χ4v) is 5.19. The van der Waals surface area contributed by atoms with Gasteiger partial charge in [0.1, 0.15) is 0 Å². The number of urea groups is 1. The molecule has 1 fully saturated rings. The summed E-state index contributed by atoms with van der Waals surface area (Å²) in [6, 6.07) is 10.3. The number of ether oxygens (including phenoxy) is 5. The van der Waals surface area contributed by atoms with E-state index in [1.54, 1.807) is 26.2 Å². The van der Waals surface area contributed by atoms with Crippen molar-refractivity contribution in [1.29, 1.82) is 0 Å². The Morgan fingerprint density at radius 1 is 1.00 bits per heavy atom. The second-order valence-electron chi connectivity index (χ2n) is 9.47. The Morgan fingerprint density at radius 2 is 1.74 bits per heavy atom. The van der Waals surface area contributed by atoms with Crippen molar-refractivity contribution in [3.05, 3.63) is 58.8 Å². The predicted molar refractivity (Wildman–Crippen MR) is 142 cm³/mol. The highest BCUT2D eigenvalue weighted by atomic mass is 16.7. The Labute approximate surface area is 227 Å². The zero-order valence-electron chi connectivity index (χ0n) is 22.5. The average molecular weight is 539 g/mol. The lowest BCUT2D eigenvalue weighted by Crippen LogP contribution is -2.51. The molecule has 0 bridgehead atoms. The van der Waals surface area contributed by atoms with Crippen molar-refractivity contribution < 1.29 is 33.3 Å². The molecule has 1 atom stereocenters. The van der Waals surface area contributed by atoms with E-state index in [2.05, 4.69) is 26.5 Å². The number of rotatable bonds is 9. The van der Waals surface area contributed by atoms with Crippen LogP contribution in [0.3, 0.4) is 0 Å². The van der Waals surface area contributed by atoms with E-state index in [0.717, 1.165) is 44.2 Å². The number of fused-ring (bicyclic) bond motifs is 1. The summed E-state index contributed by atoms with van der Waals surface area (Å²) in [7, 11) is 3.07. The second-order valence-corrected chi connectivity index (χ2v) is 9.47. The fraction of sp³-hybridized carbons (Fsp3) is 0.429. The highest BCUT2D eigenvalue weighted by molar-refractivity contribution is 5.95. The number of amides is 2. The Bertz CT molecular complexity index is 1260. The number of hydrogen-bond donors (Lipinski definition) is 2. The summed E-state index contributed by atoms with van der Waals surface area (Å²) in [5.41, 5.74) is 2.66. The SMILES string of the molecule is CCOC(=O)C1=C(CN2CCN(Cc3ccc4c(c3)OCO4)CC2)NC(=O)N[C@@H]1c1cccc(OC)c1OC. The molecule has 0 radical (unpaired) electrons. The number of para-hydroxylation sites is 1. The Balaban J connectivity index is 1.33. The minimum absolute atomic E-state index is 0.212. The van der Waals surface area contributed by atoms with Gasteiger partial charge in [0.15, 0.2) is 23.0 Å². The third kappa shape index (κ3) is 5.74. The van der Waals surface area contributed by atoms with Crippen molar-refractivity contribution >= 4 is 12.0 Å². The van der Waals surface area contributed by atoms with Crippen LogP contribution in [0.2, 0.25) is 0 Å². The summed E-state index contributed by atoms with van der Waals surface area (Å²) in [5.74, 6) is 2.03. The van der Waals surface area contributed by atoms with E-state index in [1.807, 2.05) is 18.2 Å². The van der Waals surface area contributed by atoms with Gasteiger partial charge in [-0.25, -0.2) is 9.59 Å². The van der Waals surface area contributed by atoms with Crippen molar-refractivity contribution in [2.24, 2.45) is 0 Å². The number of esters is 1. The molecule has 11 nitrogen and oxygen atoms in total. The van der Waals surface area contributed by atoms with Crippen molar-refractivity contribution in [2.45, 2.75) is 19.5 Å². The summed E-state index contributed by atoms with van der Waals surface area (Å²) < 4.78 is 27.4. The number of benzene rings is 2. The van der Waals surface area contributed by atoms with Crippen LogP contribution in [0.15, 0.2) is 47.7 Å². The predicted octanol–water partition coefficient (Wildman–Crippen LogP) is 2.42. The standard InChI is InChI=1S/C28H34N4O7/c1-4-37-27(33)24-20(29-28(34)30-25(24)19-6-5-7-22(35-2)26(19)36-3)16-32-12-10-31(11-13-32)15-18-8-9-21-23(14-18)39-17-38-21/h5-9,14,25H,4,10-13,15-17H2,1-3H3,(H2,29,30,34)/t25-/m1/s1. The molecule has 5 rings (SSSR count). The average Bonchev–Trinajstić information content (AvgIpc) is 3.41. The van der Waals surface area contributed by atoms with Crippen molar-refractivity contribution in [3.63, 3.8) is 0 Å². The van der Waals surface area contributed by atoms with E-state index >= 15 is 0 Å². The normalized spacial score (nSPS) is 19.4. The molecule has 0 aliphatic carbocycles. The number of nitrogens with one attached hydrogen (secondary N) is 2. The molecular weight excluding hydrogens is 504 g/mol. The summed E-state index contributed by atoms with van der Waals surface area (Å²) >= 11 is 0. The van der Waals surface area contributed by atoms with Gasteiger partial charge in [-0.05, 0) is 30.7 Å². The Kier molecular flexibility index (Phi) is 8.08. The fourth-order valence-electron chi connectivity index (χ4n) is 5.19. The lowest BCUT2D eigenvalue weighted by molar-refractivity contribution is -0.139. The number of hydrogen-bond acceptors (Lipinski definition) is 9. The molecule has 0 unspecified atom stereocenters. The maximum Gasteiger partial charge on any atom is 0.338 e. The van der Waals surface area contributed by atoms with Crippen LogP contribution in [-0.2, 0) is 16.1 Å². The maximum atomic E-state index is 13.2.